The lowest BCUT2D eigenvalue weighted by molar-refractivity contribution is -0.138. The Morgan fingerprint density at radius 3 is 2.35 bits per heavy atom. The number of piperidine rings is 1. The van der Waals surface area contributed by atoms with Gasteiger partial charge in [-0.05, 0) is 53.5 Å². The second-order valence-corrected chi connectivity index (χ2v) is 6.46. The Balaban J connectivity index is 0.000000268. The van der Waals surface area contributed by atoms with Gasteiger partial charge in [-0.25, -0.2) is 0 Å². The van der Waals surface area contributed by atoms with Crippen molar-refractivity contribution in [2.24, 2.45) is 5.16 Å². The molecule has 0 amide bonds. The molecule has 0 saturated carbocycles. The van der Waals surface area contributed by atoms with Gasteiger partial charge in [0.2, 0.25) is 0 Å². The lowest BCUT2D eigenvalue weighted by atomic mass is 10.0. The summed E-state index contributed by atoms with van der Waals surface area (Å²) < 4.78 is 39.3. The third-order valence-corrected chi connectivity index (χ3v) is 4.27. The largest absolute Gasteiger partial charge is 0.416 e. The van der Waals surface area contributed by atoms with Crippen LogP contribution in [0, 0.1) is 0 Å². The molecule has 0 N–H and O–H groups in total. The molecule has 0 radical (unpaired) electrons. The molecule has 23 heavy (non-hydrogen) atoms. The van der Waals surface area contributed by atoms with Gasteiger partial charge in [-0.1, -0.05) is 29.8 Å². The Morgan fingerprint density at radius 1 is 1.13 bits per heavy atom. The van der Waals surface area contributed by atoms with Crippen LogP contribution in [0.1, 0.15) is 36.8 Å². The zero-order valence-electron chi connectivity index (χ0n) is 12.8. The summed E-state index contributed by atoms with van der Waals surface area (Å²) in [4.78, 5) is 6.70. The number of oxime groups is 1. The summed E-state index contributed by atoms with van der Waals surface area (Å²) in [5.74, 6) is 0. The first-order valence-corrected chi connectivity index (χ1v) is 8.48. The van der Waals surface area contributed by atoms with E-state index in [1.165, 1.54) is 18.6 Å². The Labute approximate surface area is 142 Å². The molecule has 2 aliphatic rings. The van der Waals surface area contributed by atoms with Gasteiger partial charge in [0, 0.05) is 13.0 Å². The lowest BCUT2D eigenvalue weighted by Gasteiger charge is -2.27. The van der Waals surface area contributed by atoms with Crippen LogP contribution in [-0.4, -0.2) is 29.2 Å². The van der Waals surface area contributed by atoms with Gasteiger partial charge in [-0.3, -0.25) is 4.90 Å². The van der Waals surface area contributed by atoms with E-state index >= 15 is 0 Å². The van der Waals surface area contributed by atoms with Crippen LogP contribution in [0.15, 0.2) is 29.4 Å². The maximum absolute atomic E-state index is 12.8. The third-order valence-electron chi connectivity index (χ3n) is 3.73. The molecule has 1 aromatic carbocycles. The zero-order chi connectivity index (χ0) is 16.7. The van der Waals surface area contributed by atoms with Crippen molar-refractivity contribution in [3.8, 4) is 0 Å². The summed E-state index contributed by atoms with van der Waals surface area (Å²) in [6.07, 6.45) is 0.0617. The molecule has 1 aromatic rings. The zero-order valence-corrected chi connectivity index (χ0v) is 14.4. The van der Waals surface area contributed by atoms with Crippen LogP contribution in [-0.2, 0) is 17.6 Å². The van der Waals surface area contributed by atoms with Gasteiger partial charge in [0.05, 0.1) is 5.56 Å². The molecule has 0 aromatic heterocycles. The van der Waals surface area contributed by atoms with Gasteiger partial charge < -0.3 is 4.84 Å². The highest BCUT2D eigenvalue weighted by molar-refractivity contribution is 9.18. The van der Waals surface area contributed by atoms with Crippen LogP contribution in [0.5, 0.6) is 0 Å². The molecular weight excluding hydrogens is 373 g/mol. The van der Waals surface area contributed by atoms with Crippen molar-refractivity contribution < 1.29 is 18.0 Å². The number of halogens is 4. The van der Waals surface area contributed by atoms with Crippen molar-refractivity contribution in [1.29, 1.82) is 0 Å². The molecule has 0 aliphatic carbocycles. The molecule has 7 heteroatoms. The summed E-state index contributed by atoms with van der Waals surface area (Å²) in [6, 6.07) is 5.87. The first-order valence-electron chi connectivity index (χ1n) is 7.68. The van der Waals surface area contributed by atoms with Gasteiger partial charge in [0.15, 0.2) is 0 Å². The van der Waals surface area contributed by atoms with Crippen LogP contribution in [0.25, 0.3) is 0 Å². The topological polar surface area (TPSA) is 24.8 Å². The fourth-order valence-corrected chi connectivity index (χ4v) is 2.85. The normalized spacial score (nSPS) is 18.7. The highest BCUT2D eigenvalue weighted by Crippen LogP contribution is 2.32. The van der Waals surface area contributed by atoms with Crippen LogP contribution in [0.3, 0.4) is 0 Å². The molecule has 0 spiro atoms. The molecule has 1 fully saturated rings. The summed E-state index contributed by atoms with van der Waals surface area (Å²) >= 11 is 3.16. The quantitative estimate of drug-likeness (QED) is 0.721. The van der Waals surface area contributed by atoms with E-state index < -0.39 is 11.7 Å². The van der Waals surface area contributed by atoms with E-state index in [-0.39, 0.29) is 0 Å². The number of hydrogen-bond acceptors (Lipinski definition) is 3. The van der Waals surface area contributed by atoms with Gasteiger partial charge in [-0.15, -0.1) is 0 Å². The summed E-state index contributed by atoms with van der Waals surface area (Å²) in [6.45, 7) is 2.97. The second-order valence-electron chi connectivity index (χ2n) is 5.54. The summed E-state index contributed by atoms with van der Waals surface area (Å²) in [5.41, 5.74) is -0.104. The van der Waals surface area contributed by atoms with Crippen LogP contribution >= 0.6 is 15.9 Å². The first kappa shape index (κ1) is 18.3. The smallest absolute Gasteiger partial charge is 0.395 e. The van der Waals surface area contributed by atoms with E-state index in [0.717, 1.165) is 43.6 Å². The standard InChI is InChI=1S/C13H16F3N.C3H4BrNO/c14-13(15,16)12-7-3-2-6-11(12)10-17-8-4-1-5-9-17;4-3-1-2-6-5-3/h2-3,6-7H,1,4-5,8-10H2;1-2H2. The molecule has 3 rings (SSSR count). The molecule has 0 unspecified atom stereocenters. The molecule has 0 atom stereocenters. The Kier molecular flexibility index (Phi) is 6.89. The molecule has 0 bridgehead atoms. The maximum atomic E-state index is 12.8. The first-order chi connectivity index (χ1) is 11.0. The fourth-order valence-electron chi connectivity index (χ4n) is 2.58. The van der Waals surface area contributed by atoms with Gasteiger partial charge in [0.1, 0.15) is 11.2 Å². The highest BCUT2D eigenvalue weighted by Gasteiger charge is 2.33. The Bertz CT molecular complexity index is 528. The fraction of sp³-hybridized carbons (Fsp3) is 0.562. The average Bonchev–Trinajstić information content (AvgIpc) is 2.99. The lowest BCUT2D eigenvalue weighted by Crippen LogP contribution is -2.30. The number of nitrogens with zero attached hydrogens (tertiary/aromatic N) is 2. The van der Waals surface area contributed by atoms with Crippen LogP contribution < -0.4 is 0 Å². The van der Waals surface area contributed by atoms with Crippen molar-refractivity contribution in [2.75, 3.05) is 19.7 Å². The third kappa shape index (κ3) is 6.14. The minimum absolute atomic E-state index is 0.391. The second kappa shape index (κ2) is 8.68. The highest BCUT2D eigenvalue weighted by atomic mass is 79.9. The number of rotatable bonds is 2. The predicted octanol–water partition coefficient (Wildman–Crippen LogP) is 4.81. The molecule has 3 nitrogen and oxygen atoms in total. The molecule has 2 heterocycles. The van der Waals surface area contributed by atoms with E-state index in [1.807, 2.05) is 0 Å². The molecule has 2 aliphatic heterocycles. The van der Waals surface area contributed by atoms with E-state index in [4.69, 9.17) is 0 Å². The number of benzene rings is 1. The number of hydrogen-bond donors (Lipinski definition) is 0. The van der Waals surface area contributed by atoms with Crippen LogP contribution in [0.2, 0.25) is 0 Å². The van der Waals surface area contributed by atoms with Crippen molar-refractivity contribution in [1.82, 2.24) is 4.90 Å². The van der Waals surface area contributed by atoms with E-state index in [2.05, 4.69) is 30.8 Å². The SMILES string of the molecule is BrC1=NOCC1.FC(F)(F)c1ccccc1CN1CCCCC1. The summed E-state index contributed by atoms with van der Waals surface area (Å²) in [7, 11) is 0. The molecule has 128 valence electrons. The minimum Gasteiger partial charge on any atom is -0.395 e. The average molecular weight is 393 g/mol. The number of likely N-dealkylation sites (tertiary alicyclic amines) is 1. The van der Waals surface area contributed by atoms with Gasteiger partial charge in [-0.2, -0.15) is 13.2 Å². The van der Waals surface area contributed by atoms with Crippen molar-refractivity contribution >= 4 is 20.6 Å². The molecular formula is C16H20BrF3N2O. The Hall–Kier alpha value is -1.08. The van der Waals surface area contributed by atoms with E-state index in [1.54, 1.807) is 12.1 Å². The summed E-state index contributed by atoms with van der Waals surface area (Å²) in [5, 5.41) is 3.57. The Morgan fingerprint density at radius 2 is 1.83 bits per heavy atom. The van der Waals surface area contributed by atoms with Gasteiger partial charge in [0.25, 0.3) is 0 Å². The van der Waals surface area contributed by atoms with E-state index in [0.29, 0.717) is 12.1 Å². The monoisotopic (exact) mass is 392 g/mol. The minimum atomic E-state index is -4.24. The van der Waals surface area contributed by atoms with Crippen molar-refractivity contribution in [3.05, 3.63) is 35.4 Å². The van der Waals surface area contributed by atoms with Gasteiger partial charge >= 0.3 is 6.18 Å². The number of alkyl halides is 3. The molecule has 1 saturated heterocycles. The maximum Gasteiger partial charge on any atom is 0.416 e. The predicted molar refractivity (Wildman–Crippen MR) is 87.5 cm³/mol. The van der Waals surface area contributed by atoms with Crippen molar-refractivity contribution in [2.45, 2.75) is 38.4 Å². The van der Waals surface area contributed by atoms with Crippen LogP contribution in [0.4, 0.5) is 13.2 Å². The van der Waals surface area contributed by atoms with Crippen molar-refractivity contribution in [3.63, 3.8) is 0 Å². The van der Waals surface area contributed by atoms with E-state index in [9.17, 15) is 13.2 Å².